The van der Waals surface area contributed by atoms with Gasteiger partial charge in [-0.05, 0) is 36.2 Å². The van der Waals surface area contributed by atoms with Crippen LogP contribution in [0.1, 0.15) is 25.2 Å². The highest BCUT2D eigenvalue weighted by atomic mass is 32.1. The van der Waals surface area contributed by atoms with Gasteiger partial charge in [0.05, 0.1) is 0 Å². The number of hydrogen-bond donors (Lipinski definition) is 2. The number of aromatic nitrogens is 2. The van der Waals surface area contributed by atoms with Crippen molar-refractivity contribution >= 4 is 29.3 Å². The largest absolute Gasteiger partial charge is 0.480 e. The van der Waals surface area contributed by atoms with Gasteiger partial charge in [-0.3, -0.25) is 4.79 Å². The highest BCUT2D eigenvalue weighted by Crippen LogP contribution is 2.26. The van der Waals surface area contributed by atoms with E-state index in [2.05, 4.69) is 21.3 Å². The van der Waals surface area contributed by atoms with Gasteiger partial charge < -0.3 is 10.4 Å². The summed E-state index contributed by atoms with van der Waals surface area (Å²) in [6.45, 7) is 9.43. The Bertz CT molecular complexity index is 623. The lowest BCUT2D eigenvalue weighted by Crippen LogP contribution is -2.13. The standard InChI is InChI=1S/C13H13N3O2S.C2H6/c1-3-11-15-13(19-16-11)9-5-4-8(2)10(6-9)14-7-12(17)18;1-2/h3-6,14H,1,7H2,2H3,(H,17,18);1-2H3. The molecule has 0 aliphatic rings. The molecule has 1 aromatic carbocycles. The molecule has 0 saturated heterocycles. The molecule has 0 fully saturated rings. The van der Waals surface area contributed by atoms with Crippen LogP contribution >= 0.6 is 11.5 Å². The Morgan fingerprint density at radius 3 is 2.76 bits per heavy atom. The fourth-order valence-electron chi connectivity index (χ4n) is 1.55. The minimum absolute atomic E-state index is 0.113. The smallest absolute Gasteiger partial charge is 0.322 e. The fraction of sp³-hybridized carbons (Fsp3) is 0.267. The lowest BCUT2D eigenvalue weighted by atomic mass is 10.1. The zero-order valence-corrected chi connectivity index (χ0v) is 13.2. The molecule has 0 atom stereocenters. The fourth-order valence-corrected chi connectivity index (χ4v) is 2.21. The molecule has 2 N–H and O–H groups in total. The van der Waals surface area contributed by atoms with E-state index in [4.69, 9.17) is 5.11 Å². The van der Waals surface area contributed by atoms with Gasteiger partial charge in [-0.25, -0.2) is 4.98 Å². The Hall–Kier alpha value is -2.21. The number of carbonyl (C=O) groups is 1. The molecule has 0 spiro atoms. The van der Waals surface area contributed by atoms with Gasteiger partial charge in [0.2, 0.25) is 0 Å². The van der Waals surface area contributed by atoms with Gasteiger partial charge >= 0.3 is 5.97 Å². The Labute approximate surface area is 128 Å². The molecular weight excluding hydrogens is 286 g/mol. The van der Waals surface area contributed by atoms with Crippen molar-refractivity contribution in [1.29, 1.82) is 0 Å². The van der Waals surface area contributed by atoms with Crippen molar-refractivity contribution in [2.24, 2.45) is 0 Å². The third kappa shape index (κ3) is 4.68. The molecule has 2 rings (SSSR count). The van der Waals surface area contributed by atoms with E-state index in [1.165, 1.54) is 11.5 Å². The number of carboxylic acids is 1. The molecule has 21 heavy (non-hydrogen) atoms. The van der Waals surface area contributed by atoms with E-state index in [0.717, 1.165) is 21.8 Å². The van der Waals surface area contributed by atoms with Crippen molar-refractivity contribution in [2.45, 2.75) is 20.8 Å². The summed E-state index contributed by atoms with van der Waals surface area (Å²) in [5.74, 6) is -0.296. The number of carboxylic acid groups (broad SMARTS) is 1. The topological polar surface area (TPSA) is 75.1 Å². The summed E-state index contributed by atoms with van der Waals surface area (Å²) >= 11 is 1.29. The predicted molar refractivity (Wildman–Crippen MR) is 87.6 cm³/mol. The van der Waals surface area contributed by atoms with Crippen LogP contribution in [0, 0.1) is 6.92 Å². The van der Waals surface area contributed by atoms with Gasteiger partial charge in [0, 0.05) is 11.3 Å². The maximum Gasteiger partial charge on any atom is 0.322 e. The first-order valence-electron chi connectivity index (χ1n) is 6.63. The van der Waals surface area contributed by atoms with E-state index in [0.29, 0.717) is 5.82 Å². The van der Waals surface area contributed by atoms with Gasteiger partial charge in [0.1, 0.15) is 11.6 Å². The normalized spacial score (nSPS) is 9.48. The molecule has 0 unspecified atom stereocenters. The van der Waals surface area contributed by atoms with Crippen molar-refractivity contribution in [3.8, 4) is 10.6 Å². The monoisotopic (exact) mass is 305 g/mol. The number of nitrogens with zero attached hydrogens (tertiary/aromatic N) is 2. The van der Waals surface area contributed by atoms with Crippen molar-refractivity contribution in [3.63, 3.8) is 0 Å². The van der Waals surface area contributed by atoms with Crippen LogP contribution in [0.4, 0.5) is 5.69 Å². The van der Waals surface area contributed by atoms with Crippen LogP contribution in [0.2, 0.25) is 0 Å². The molecule has 2 aromatic rings. The van der Waals surface area contributed by atoms with Gasteiger partial charge in [0.25, 0.3) is 0 Å². The number of rotatable bonds is 5. The third-order valence-electron chi connectivity index (χ3n) is 2.54. The van der Waals surface area contributed by atoms with Crippen LogP contribution in [-0.4, -0.2) is 27.0 Å². The summed E-state index contributed by atoms with van der Waals surface area (Å²) in [7, 11) is 0. The van der Waals surface area contributed by atoms with Crippen molar-refractivity contribution in [3.05, 3.63) is 36.2 Å². The van der Waals surface area contributed by atoms with Gasteiger partial charge in [-0.2, -0.15) is 4.37 Å². The zero-order chi connectivity index (χ0) is 15.8. The van der Waals surface area contributed by atoms with Crippen molar-refractivity contribution in [2.75, 3.05) is 11.9 Å². The minimum atomic E-state index is -0.894. The Kier molecular flexibility index (Phi) is 6.55. The van der Waals surface area contributed by atoms with Crippen LogP contribution in [0.25, 0.3) is 16.6 Å². The van der Waals surface area contributed by atoms with Crippen LogP contribution in [0.15, 0.2) is 24.8 Å². The predicted octanol–water partition coefficient (Wildman–Crippen LogP) is 3.68. The maximum atomic E-state index is 10.6. The van der Waals surface area contributed by atoms with Crippen molar-refractivity contribution < 1.29 is 9.90 Å². The average Bonchev–Trinajstić information content (AvgIpc) is 2.97. The second-order valence-electron chi connectivity index (χ2n) is 3.94. The molecule has 1 heterocycles. The molecule has 6 heteroatoms. The van der Waals surface area contributed by atoms with E-state index in [1.54, 1.807) is 6.08 Å². The van der Waals surface area contributed by atoms with Crippen LogP contribution in [-0.2, 0) is 4.79 Å². The van der Waals surface area contributed by atoms with Crippen LogP contribution in [0.3, 0.4) is 0 Å². The first-order chi connectivity index (χ1) is 10.1. The first-order valence-corrected chi connectivity index (χ1v) is 7.40. The summed E-state index contributed by atoms with van der Waals surface area (Å²) in [6, 6.07) is 5.74. The Morgan fingerprint density at radius 2 is 2.19 bits per heavy atom. The molecule has 0 amide bonds. The number of aliphatic carboxylic acids is 1. The summed E-state index contributed by atoms with van der Waals surface area (Å²) < 4.78 is 4.14. The summed E-state index contributed by atoms with van der Waals surface area (Å²) in [4.78, 5) is 14.9. The molecule has 5 nitrogen and oxygen atoms in total. The van der Waals surface area contributed by atoms with E-state index in [-0.39, 0.29) is 6.54 Å². The van der Waals surface area contributed by atoms with E-state index < -0.39 is 5.97 Å². The van der Waals surface area contributed by atoms with E-state index >= 15 is 0 Å². The number of benzene rings is 1. The third-order valence-corrected chi connectivity index (χ3v) is 3.32. The molecule has 0 aliphatic carbocycles. The lowest BCUT2D eigenvalue weighted by molar-refractivity contribution is -0.134. The molecular formula is C15H19N3O2S. The molecule has 0 bridgehead atoms. The summed E-state index contributed by atoms with van der Waals surface area (Å²) in [6.07, 6.45) is 1.60. The molecule has 0 aliphatic heterocycles. The summed E-state index contributed by atoms with van der Waals surface area (Å²) in [5.41, 5.74) is 2.68. The maximum absolute atomic E-state index is 10.6. The molecule has 0 saturated carbocycles. The van der Waals surface area contributed by atoms with Crippen molar-refractivity contribution in [1.82, 2.24) is 9.36 Å². The minimum Gasteiger partial charge on any atom is -0.480 e. The Morgan fingerprint density at radius 1 is 1.48 bits per heavy atom. The second-order valence-corrected chi connectivity index (χ2v) is 4.69. The highest BCUT2D eigenvalue weighted by molar-refractivity contribution is 7.09. The zero-order valence-electron chi connectivity index (χ0n) is 12.4. The number of hydrogen-bond acceptors (Lipinski definition) is 5. The lowest BCUT2D eigenvalue weighted by Gasteiger charge is -2.08. The van der Waals surface area contributed by atoms with Gasteiger partial charge in [-0.1, -0.05) is 32.6 Å². The molecule has 0 radical (unpaired) electrons. The number of nitrogens with one attached hydrogen (secondary N) is 1. The molecule has 112 valence electrons. The highest BCUT2D eigenvalue weighted by Gasteiger charge is 2.08. The quantitative estimate of drug-likeness (QED) is 0.881. The van der Waals surface area contributed by atoms with Gasteiger partial charge in [-0.15, -0.1) is 0 Å². The SMILES string of the molecule is C=Cc1nsc(-c2ccc(C)c(NCC(=O)O)c2)n1.CC. The average molecular weight is 305 g/mol. The van der Waals surface area contributed by atoms with E-state index in [9.17, 15) is 4.79 Å². The van der Waals surface area contributed by atoms with Crippen LogP contribution in [0.5, 0.6) is 0 Å². The second kappa shape index (κ2) is 8.16. The molecule has 1 aromatic heterocycles. The van der Waals surface area contributed by atoms with Crippen LogP contribution < -0.4 is 5.32 Å². The number of aryl methyl sites for hydroxylation is 1. The summed E-state index contributed by atoms with van der Waals surface area (Å²) in [5, 5.41) is 12.4. The van der Waals surface area contributed by atoms with Gasteiger partial charge in [0.15, 0.2) is 5.82 Å². The first kappa shape index (κ1) is 16.8. The number of anilines is 1. The Balaban J connectivity index is 0.00000106. The van der Waals surface area contributed by atoms with E-state index in [1.807, 2.05) is 39.0 Å².